The largest absolute Gasteiger partial charge is 0.459 e. The molecule has 0 radical (unpaired) electrons. The van der Waals surface area contributed by atoms with Crippen LogP contribution in [0.5, 0.6) is 0 Å². The van der Waals surface area contributed by atoms with Crippen LogP contribution in [0.2, 0.25) is 0 Å². The Hall–Kier alpha value is -4.70. The summed E-state index contributed by atoms with van der Waals surface area (Å²) in [4.78, 5) is 50.5. The Labute approximate surface area is 258 Å². The number of nitrogens with one attached hydrogen (secondary N) is 4. The first kappa shape index (κ1) is 33.8. The Balaban J connectivity index is 1.48. The molecular weight excluding hydrogens is 560 g/mol. The van der Waals surface area contributed by atoms with Gasteiger partial charge in [0.15, 0.2) is 0 Å². The van der Waals surface area contributed by atoms with E-state index in [4.69, 9.17) is 9.47 Å². The third-order valence-electron chi connectivity index (χ3n) is 6.29. The lowest BCUT2D eigenvalue weighted by atomic mass is 10.1. The molecular formula is C34H42N4O6. The van der Waals surface area contributed by atoms with Crippen molar-refractivity contribution in [3.05, 3.63) is 108 Å². The van der Waals surface area contributed by atoms with E-state index >= 15 is 0 Å². The fourth-order valence-corrected chi connectivity index (χ4v) is 4.27. The van der Waals surface area contributed by atoms with Gasteiger partial charge < -0.3 is 30.7 Å². The first-order chi connectivity index (χ1) is 21.1. The quantitative estimate of drug-likeness (QED) is 0.196. The number of rotatable bonds is 15. The number of amides is 3. The summed E-state index contributed by atoms with van der Waals surface area (Å²) in [7, 11) is 0. The van der Waals surface area contributed by atoms with E-state index in [1.165, 1.54) is 0 Å². The highest BCUT2D eigenvalue weighted by Crippen LogP contribution is 2.09. The van der Waals surface area contributed by atoms with Gasteiger partial charge in [-0.05, 0) is 43.9 Å². The van der Waals surface area contributed by atoms with Gasteiger partial charge in [-0.15, -0.1) is 0 Å². The fourth-order valence-electron chi connectivity index (χ4n) is 4.27. The van der Waals surface area contributed by atoms with E-state index in [1.54, 1.807) is 20.8 Å². The predicted octanol–water partition coefficient (Wildman–Crippen LogP) is 3.30. The molecule has 0 aliphatic rings. The standard InChI is InChI=1S/C34H42N4O6/c1-34(2,3)44-33(42)37-28(19-25-13-7-4-8-14-25)21-35-22-30(39)36-23-31(40)38-29(20-26-15-9-5-10-16-26)32(41)43-24-27-17-11-6-12-18-27/h4-18,28-29,35H,19-24H2,1-3H3,(H,36,39)(H,37,42)(H,38,40)/t28-,29+/m1/s1. The molecule has 0 aliphatic heterocycles. The molecule has 0 aliphatic carbocycles. The molecule has 10 nitrogen and oxygen atoms in total. The van der Waals surface area contributed by atoms with Crippen molar-refractivity contribution >= 4 is 23.9 Å². The van der Waals surface area contributed by atoms with Crippen LogP contribution in [0.25, 0.3) is 0 Å². The molecule has 3 aromatic rings. The van der Waals surface area contributed by atoms with Gasteiger partial charge in [-0.25, -0.2) is 9.59 Å². The second-order valence-corrected chi connectivity index (χ2v) is 11.3. The van der Waals surface area contributed by atoms with Crippen LogP contribution in [0.4, 0.5) is 4.79 Å². The molecule has 44 heavy (non-hydrogen) atoms. The predicted molar refractivity (Wildman–Crippen MR) is 167 cm³/mol. The van der Waals surface area contributed by atoms with Crippen LogP contribution in [0.1, 0.15) is 37.5 Å². The lowest BCUT2D eigenvalue weighted by Gasteiger charge is -2.24. The normalized spacial score (nSPS) is 12.3. The van der Waals surface area contributed by atoms with Gasteiger partial charge in [-0.1, -0.05) is 91.0 Å². The lowest BCUT2D eigenvalue weighted by Crippen LogP contribution is -2.49. The molecule has 10 heteroatoms. The molecule has 3 rings (SSSR count). The van der Waals surface area contributed by atoms with Gasteiger partial charge in [0, 0.05) is 19.0 Å². The van der Waals surface area contributed by atoms with Crippen LogP contribution < -0.4 is 21.3 Å². The van der Waals surface area contributed by atoms with Crippen molar-refractivity contribution in [1.82, 2.24) is 21.3 Å². The lowest BCUT2D eigenvalue weighted by molar-refractivity contribution is -0.149. The van der Waals surface area contributed by atoms with Gasteiger partial charge in [-0.3, -0.25) is 9.59 Å². The zero-order chi connectivity index (χ0) is 31.8. The Kier molecular flexibility index (Phi) is 13.4. The number of carbonyl (C=O) groups excluding carboxylic acids is 4. The highest BCUT2D eigenvalue weighted by molar-refractivity contribution is 5.89. The van der Waals surface area contributed by atoms with Crippen LogP contribution in [0.15, 0.2) is 91.0 Å². The SMILES string of the molecule is CC(C)(C)OC(=O)N[C@@H](CNCC(=O)NCC(=O)N[C@@H](Cc1ccccc1)C(=O)OCc1ccccc1)Cc1ccccc1. The first-order valence-corrected chi connectivity index (χ1v) is 14.6. The van der Waals surface area contributed by atoms with Crippen molar-refractivity contribution in [3.63, 3.8) is 0 Å². The minimum atomic E-state index is -0.929. The molecule has 0 aromatic heterocycles. The van der Waals surface area contributed by atoms with Crippen LogP contribution >= 0.6 is 0 Å². The van der Waals surface area contributed by atoms with Gasteiger partial charge >= 0.3 is 12.1 Å². The second kappa shape index (κ2) is 17.4. The molecule has 234 valence electrons. The number of hydrogen-bond acceptors (Lipinski definition) is 7. The van der Waals surface area contributed by atoms with Crippen LogP contribution in [0, 0.1) is 0 Å². The third kappa shape index (κ3) is 13.5. The molecule has 0 heterocycles. The maximum absolute atomic E-state index is 12.9. The molecule has 4 N–H and O–H groups in total. The van der Waals surface area contributed by atoms with Crippen molar-refractivity contribution in [1.29, 1.82) is 0 Å². The van der Waals surface area contributed by atoms with Crippen LogP contribution in [-0.4, -0.2) is 61.2 Å². The van der Waals surface area contributed by atoms with Crippen LogP contribution in [-0.2, 0) is 43.3 Å². The first-order valence-electron chi connectivity index (χ1n) is 14.6. The molecule has 0 spiro atoms. The molecule has 0 unspecified atom stereocenters. The van der Waals surface area contributed by atoms with E-state index in [-0.39, 0.29) is 32.2 Å². The molecule has 0 bridgehead atoms. The fraction of sp³-hybridized carbons (Fsp3) is 0.353. The zero-order valence-corrected chi connectivity index (χ0v) is 25.5. The molecule has 0 saturated heterocycles. The smallest absolute Gasteiger partial charge is 0.407 e. The Morgan fingerprint density at radius 1 is 0.682 bits per heavy atom. The average molecular weight is 603 g/mol. The van der Waals surface area contributed by atoms with E-state index in [2.05, 4.69) is 21.3 Å². The van der Waals surface area contributed by atoms with Crippen molar-refractivity contribution < 1.29 is 28.7 Å². The van der Waals surface area contributed by atoms with E-state index in [1.807, 2.05) is 91.0 Å². The van der Waals surface area contributed by atoms with Crippen LogP contribution in [0.3, 0.4) is 0 Å². The van der Waals surface area contributed by atoms with Gasteiger partial charge in [0.05, 0.1) is 13.1 Å². The topological polar surface area (TPSA) is 135 Å². The molecule has 3 amide bonds. The summed E-state index contributed by atoms with van der Waals surface area (Å²) in [5.74, 6) is -1.51. The van der Waals surface area contributed by atoms with Gasteiger partial charge in [0.1, 0.15) is 18.2 Å². The second-order valence-electron chi connectivity index (χ2n) is 11.3. The summed E-state index contributed by atoms with van der Waals surface area (Å²) < 4.78 is 10.9. The van der Waals surface area contributed by atoms with Gasteiger partial charge in [0.25, 0.3) is 0 Å². The van der Waals surface area contributed by atoms with Crippen molar-refractivity contribution in [2.75, 3.05) is 19.6 Å². The van der Waals surface area contributed by atoms with Crippen molar-refractivity contribution in [2.24, 2.45) is 0 Å². The molecule has 3 aromatic carbocycles. The number of hydrogen-bond donors (Lipinski definition) is 4. The minimum Gasteiger partial charge on any atom is -0.459 e. The minimum absolute atomic E-state index is 0.0806. The summed E-state index contributed by atoms with van der Waals surface area (Å²) in [6.45, 7) is 5.33. The highest BCUT2D eigenvalue weighted by atomic mass is 16.6. The summed E-state index contributed by atoms with van der Waals surface area (Å²) in [6.07, 6.45) is 0.220. The Morgan fingerprint density at radius 2 is 1.23 bits per heavy atom. The molecule has 2 atom stereocenters. The summed E-state index contributed by atoms with van der Waals surface area (Å²) in [6, 6.07) is 26.9. The van der Waals surface area contributed by atoms with Crippen molar-refractivity contribution in [2.45, 2.75) is 57.9 Å². The van der Waals surface area contributed by atoms with Gasteiger partial charge in [0.2, 0.25) is 11.8 Å². The number of carbonyl (C=O) groups is 4. The summed E-state index contributed by atoms with van der Waals surface area (Å²) >= 11 is 0. The van der Waals surface area contributed by atoms with E-state index < -0.39 is 35.5 Å². The maximum atomic E-state index is 12.9. The highest BCUT2D eigenvalue weighted by Gasteiger charge is 2.24. The zero-order valence-electron chi connectivity index (χ0n) is 25.5. The molecule has 0 fully saturated rings. The van der Waals surface area contributed by atoms with Crippen molar-refractivity contribution in [3.8, 4) is 0 Å². The third-order valence-corrected chi connectivity index (χ3v) is 6.29. The van der Waals surface area contributed by atoms with Gasteiger partial charge in [-0.2, -0.15) is 0 Å². The number of esters is 1. The summed E-state index contributed by atoms with van der Waals surface area (Å²) in [5.41, 5.74) is 2.06. The number of alkyl carbamates (subject to hydrolysis) is 1. The number of benzene rings is 3. The van der Waals surface area contributed by atoms with E-state index in [9.17, 15) is 19.2 Å². The monoisotopic (exact) mass is 602 g/mol. The number of ether oxygens (including phenoxy) is 2. The Bertz CT molecular complexity index is 1330. The Morgan fingerprint density at radius 3 is 1.80 bits per heavy atom. The van der Waals surface area contributed by atoms with E-state index in [0.717, 1.165) is 16.7 Å². The average Bonchev–Trinajstić information content (AvgIpc) is 2.99. The molecule has 0 saturated carbocycles. The maximum Gasteiger partial charge on any atom is 0.407 e. The summed E-state index contributed by atoms with van der Waals surface area (Å²) in [5, 5.41) is 11.1. The van der Waals surface area contributed by atoms with E-state index in [0.29, 0.717) is 13.0 Å².